The van der Waals surface area contributed by atoms with Crippen molar-refractivity contribution in [2.75, 3.05) is 18.4 Å². The van der Waals surface area contributed by atoms with E-state index in [1.807, 2.05) is 35.8 Å². The van der Waals surface area contributed by atoms with Gasteiger partial charge in [-0.1, -0.05) is 12.1 Å². The minimum atomic E-state index is 0.277. The van der Waals surface area contributed by atoms with Crippen molar-refractivity contribution in [3.8, 4) is 10.7 Å². The first-order chi connectivity index (χ1) is 13.2. The van der Waals surface area contributed by atoms with Crippen LogP contribution in [0.25, 0.3) is 10.7 Å². The standard InChI is InChI=1S/C20H23N5OS/c1-14-11-25(12-15(2)26-14)13-16-6-7-18(22-10-16)24-19-5-3-4-17(23-19)20-21-8-9-27-20/h3-10,14-15H,11-13H2,1-2H3,(H,22,23,24). The van der Waals surface area contributed by atoms with E-state index in [4.69, 9.17) is 4.74 Å². The fraction of sp³-hybridized carbons (Fsp3) is 0.350. The molecule has 6 nitrogen and oxygen atoms in total. The first kappa shape index (κ1) is 18.0. The van der Waals surface area contributed by atoms with Crippen molar-refractivity contribution >= 4 is 23.0 Å². The fourth-order valence-electron chi connectivity index (χ4n) is 3.37. The zero-order valence-corrected chi connectivity index (χ0v) is 16.3. The highest BCUT2D eigenvalue weighted by Gasteiger charge is 2.22. The third kappa shape index (κ3) is 4.68. The second kappa shape index (κ2) is 8.12. The summed E-state index contributed by atoms with van der Waals surface area (Å²) in [5, 5.41) is 6.14. The molecule has 4 heterocycles. The highest BCUT2D eigenvalue weighted by atomic mass is 32.1. The molecule has 27 heavy (non-hydrogen) atoms. The average Bonchev–Trinajstić information content (AvgIpc) is 3.18. The molecule has 0 spiro atoms. The topological polar surface area (TPSA) is 63.2 Å². The Labute approximate surface area is 163 Å². The van der Waals surface area contributed by atoms with Crippen LogP contribution in [-0.4, -0.2) is 45.1 Å². The van der Waals surface area contributed by atoms with Gasteiger partial charge >= 0.3 is 0 Å². The van der Waals surface area contributed by atoms with E-state index in [1.165, 1.54) is 5.56 Å². The Morgan fingerprint density at radius 3 is 2.67 bits per heavy atom. The van der Waals surface area contributed by atoms with Crippen LogP contribution in [0.4, 0.5) is 11.6 Å². The summed E-state index contributed by atoms with van der Waals surface area (Å²) in [5.41, 5.74) is 2.06. The van der Waals surface area contributed by atoms with Crippen LogP contribution in [0.5, 0.6) is 0 Å². The predicted octanol–water partition coefficient (Wildman–Crippen LogP) is 3.95. The van der Waals surface area contributed by atoms with E-state index in [1.54, 1.807) is 17.5 Å². The van der Waals surface area contributed by atoms with Gasteiger partial charge in [0.2, 0.25) is 0 Å². The van der Waals surface area contributed by atoms with Crippen molar-refractivity contribution < 1.29 is 4.74 Å². The molecule has 1 aliphatic rings. The molecule has 1 N–H and O–H groups in total. The molecular weight excluding hydrogens is 358 g/mol. The maximum Gasteiger partial charge on any atom is 0.141 e. The van der Waals surface area contributed by atoms with Crippen LogP contribution in [0.2, 0.25) is 0 Å². The SMILES string of the molecule is CC1CN(Cc2ccc(Nc3cccc(-c4nccs4)n3)nc2)CC(C)O1. The number of thiazole rings is 1. The highest BCUT2D eigenvalue weighted by molar-refractivity contribution is 7.13. The van der Waals surface area contributed by atoms with Gasteiger partial charge in [0.05, 0.1) is 12.2 Å². The maximum absolute atomic E-state index is 5.80. The van der Waals surface area contributed by atoms with Crippen molar-refractivity contribution in [1.82, 2.24) is 19.9 Å². The Hall–Kier alpha value is -2.35. The summed E-state index contributed by atoms with van der Waals surface area (Å²) >= 11 is 1.58. The summed E-state index contributed by atoms with van der Waals surface area (Å²) in [6.45, 7) is 7.06. The number of nitrogens with zero attached hydrogens (tertiary/aromatic N) is 4. The van der Waals surface area contributed by atoms with E-state index in [0.717, 1.165) is 42.0 Å². The van der Waals surface area contributed by atoms with Gasteiger partial charge in [0.25, 0.3) is 0 Å². The van der Waals surface area contributed by atoms with Gasteiger partial charge < -0.3 is 10.1 Å². The summed E-state index contributed by atoms with van der Waals surface area (Å²) in [4.78, 5) is 15.9. The Morgan fingerprint density at radius 2 is 1.96 bits per heavy atom. The van der Waals surface area contributed by atoms with Crippen molar-refractivity contribution in [2.45, 2.75) is 32.6 Å². The van der Waals surface area contributed by atoms with Gasteiger partial charge in [0, 0.05) is 37.4 Å². The summed E-state index contributed by atoms with van der Waals surface area (Å²) in [7, 11) is 0. The number of anilines is 2. The van der Waals surface area contributed by atoms with E-state index >= 15 is 0 Å². The van der Waals surface area contributed by atoms with Gasteiger partial charge in [-0.25, -0.2) is 15.0 Å². The molecule has 1 aliphatic heterocycles. The normalized spacial score (nSPS) is 20.5. The number of aromatic nitrogens is 3. The van der Waals surface area contributed by atoms with Crippen molar-refractivity contribution in [1.29, 1.82) is 0 Å². The molecule has 0 aliphatic carbocycles. The Balaban J connectivity index is 1.40. The summed E-state index contributed by atoms with van der Waals surface area (Å²) < 4.78 is 5.80. The molecule has 140 valence electrons. The molecule has 4 rings (SSSR count). The third-order valence-electron chi connectivity index (χ3n) is 4.38. The fourth-order valence-corrected chi connectivity index (χ4v) is 3.98. The van der Waals surface area contributed by atoms with Gasteiger partial charge in [-0.05, 0) is 37.6 Å². The van der Waals surface area contributed by atoms with Gasteiger partial charge in [-0.2, -0.15) is 0 Å². The Bertz CT molecular complexity index is 858. The molecule has 3 aromatic rings. The van der Waals surface area contributed by atoms with Crippen LogP contribution in [0.15, 0.2) is 48.1 Å². The average molecular weight is 382 g/mol. The number of nitrogens with one attached hydrogen (secondary N) is 1. The van der Waals surface area contributed by atoms with Gasteiger partial charge in [-0.3, -0.25) is 4.90 Å². The lowest BCUT2D eigenvalue weighted by molar-refractivity contribution is -0.0705. The number of hydrogen-bond acceptors (Lipinski definition) is 7. The van der Waals surface area contributed by atoms with E-state index in [-0.39, 0.29) is 12.2 Å². The summed E-state index contributed by atoms with van der Waals surface area (Å²) in [6.07, 6.45) is 4.27. The molecule has 0 saturated carbocycles. The van der Waals surface area contributed by atoms with Crippen LogP contribution in [0, 0.1) is 0 Å². The number of hydrogen-bond donors (Lipinski definition) is 1. The van der Waals surface area contributed by atoms with E-state index in [9.17, 15) is 0 Å². The van der Waals surface area contributed by atoms with Crippen molar-refractivity contribution in [3.05, 3.63) is 53.7 Å². The van der Waals surface area contributed by atoms with Gasteiger partial charge in [-0.15, -0.1) is 11.3 Å². The lowest BCUT2D eigenvalue weighted by atomic mass is 10.2. The third-order valence-corrected chi connectivity index (χ3v) is 5.18. The Morgan fingerprint density at radius 1 is 1.11 bits per heavy atom. The number of pyridine rings is 2. The second-order valence-corrected chi connectivity index (χ2v) is 7.77. The first-order valence-electron chi connectivity index (χ1n) is 9.12. The van der Waals surface area contributed by atoms with Crippen LogP contribution in [0.3, 0.4) is 0 Å². The molecule has 0 bridgehead atoms. The largest absolute Gasteiger partial charge is 0.373 e. The number of morpholine rings is 1. The monoisotopic (exact) mass is 381 g/mol. The van der Waals surface area contributed by atoms with Crippen molar-refractivity contribution in [3.63, 3.8) is 0 Å². The van der Waals surface area contributed by atoms with Crippen LogP contribution < -0.4 is 5.32 Å². The molecule has 2 unspecified atom stereocenters. The summed E-state index contributed by atoms with van der Waals surface area (Å²) in [6, 6.07) is 9.99. The molecular formula is C20H23N5OS. The lowest BCUT2D eigenvalue weighted by Crippen LogP contribution is -2.44. The van der Waals surface area contributed by atoms with Gasteiger partial charge in [0.15, 0.2) is 0 Å². The lowest BCUT2D eigenvalue weighted by Gasteiger charge is -2.35. The summed E-state index contributed by atoms with van der Waals surface area (Å²) in [5.74, 6) is 1.55. The molecule has 3 aromatic heterocycles. The quantitative estimate of drug-likeness (QED) is 0.722. The smallest absolute Gasteiger partial charge is 0.141 e. The van der Waals surface area contributed by atoms with E-state index in [2.05, 4.69) is 45.1 Å². The number of rotatable bonds is 5. The molecule has 0 aromatic carbocycles. The number of ether oxygens (including phenoxy) is 1. The van der Waals surface area contributed by atoms with Crippen molar-refractivity contribution in [2.24, 2.45) is 0 Å². The molecule has 1 saturated heterocycles. The van der Waals surface area contributed by atoms with Gasteiger partial charge in [0.1, 0.15) is 22.3 Å². The molecule has 0 radical (unpaired) electrons. The predicted molar refractivity (Wildman–Crippen MR) is 108 cm³/mol. The van der Waals surface area contributed by atoms with Crippen LogP contribution >= 0.6 is 11.3 Å². The van der Waals surface area contributed by atoms with E-state index < -0.39 is 0 Å². The van der Waals surface area contributed by atoms with Crippen LogP contribution in [0.1, 0.15) is 19.4 Å². The molecule has 0 amide bonds. The molecule has 1 fully saturated rings. The molecule has 7 heteroatoms. The molecule has 2 atom stereocenters. The maximum atomic E-state index is 5.80. The van der Waals surface area contributed by atoms with E-state index in [0.29, 0.717) is 0 Å². The first-order valence-corrected chi connectivity index (χ1v) is 10.0. The minimum absolute atomic E-state index is 0.277. The highest BCUT2D eigenvalue weighted by Crippen LogP contribution is 2.22. The Kier molecular flexibility index (Phi) is 5.42. The van der Waals surface area contributed by atoms with Crippen LogP contribution in [-0.2, 0) is 11.3 Å². The second-order valence-electron chi connectivity index (χ2n) is 6.87. The minimum Gasteiger partial charge on any atom is -0.373 e. The zero-order chi connectivity index (χ0) is 18.6. The zero-order valence-electron chi connectivity index (χ0n) is 15.5.